The van der Waals surface area contributed by atoms with E-state index in [1.54, 1.807) is 7.11 Å². The van der Waals surface area contributed by atoms with Gasteiger partial charge in [-0.25, -0.2) is 0 Å². The van der Waals surface area contributed by atoms with Crippen LogP contribution in [0.25, 0.3) is 0 Å². The largest absolute Gasteiger partial charge is 0.383 e. The zero-order valence-electron chi connectivity index (χ0n) is 9.87. The number of nitrogens with one attached hydrogen (secondary N) is 1. The smallest absolute Gasteiger partial charge is 0.0632 e. The number of nitrogens with two attached hydrogens (primary N) is 1. The Morgan fingerprint density at radius 2 is 2.20 bits per heavy atom. The second kappa shape index (κ2) is 5.25. The van der Waals surface area contributed by atoms with Gasteiger partial charge in [0.1, 0.15) is 0 Å². The van der Waals surface area contributed by atoms with Crippen molar-refractivity contribution < 1.29 is 4.74 Å². The third-order valence-electron chi connectivity index (χ3n) is 2.71. The van der Waals surface area contributed by atoms with Crippen LogP contribution < -0.4 is 11.3 Å². The Balaban J connectivity index is 2.78. The lowest BCUT2D eigenvalue weighted by Crippen LogP contribution is -2.40. The van der Waals surface area contributed by atoms with Gasteiger partial charge in [-0.1, -0.05) is 0 Å². The van der Waals surface area contributed by atoms with Crippen molar-refractivity contribution in [1.82, 2.24) is 15.2 Å². The molecule has 0 amide bonds. The monoisotopic (exact) mass is 212 g/mol. The molecule has 3 N–H and O–H groups in total. The van der Waals surface area contributed by atoms with Crippen molar-refractivity contribution in [3.8, 4) is 0 Å². The lowest BCUT2D eigenvalue weighted by atomic mass is 10.1. The number of hydrogen-bond donors (Lipinski definition) is 2. The van der Waals surface area contributed by atoms with Crippen molar-refractivity contribution in [1.29, 1.82) is 0 Å². The highest BCUT2D eigenvalue weighted by Crippen LogP contribution is 2.13. The Kier molecular flexibility index (Phi) is 4.26. The summed E-state index contributed by atoms with van der Waals surface area (Å²) in [6.07, 6.45) is 0.843. The summed E-state index contributed by atoms with van der Waals surface area (Å²) in [4.78, 5) is 0. The number of nitrogens with zero attached hydrogens (tertiary/aromatic N) is 2. The van der Waals surface area contributed by atoms with Crippen LogP contribution in [0.1, 0.15) is 17.0 Å². The molecule has 1 unspecified atom stereocenters. The average molecular weight is 212 g/mol. The molecule has 0 bridgehead atoms. The maximum absolute atomic E-state index is 5.46. The van der Waals surface area contributed by atoms with E-state index in [1.807, 2.05) is 18.7 Å². The molecule has 1 aromatic rings. The summed E-state index contributed by atoms with van der Waals surface area (Å²) >= 11 is 0. The first-order chi connectivity index (χ1) is 7.10. The molecule has 0 saturated carbocycles. The summed E-state index contributed by atoms with van der Waals surface area (Å²) in [5.41, 5.74) is 6.25. The molecule has 0 spiro atoms. The molecule has 86 valence electrons. The Labute approximate surface area is 90.6 Å². The first kappa shape index (κ1) is 12.2. The van der Waals surface area contributed by atoms with Crippen LogP contribution in [0.3, 0.4) is 0 Å². The molecule has 1 heterocycles. The fraction of sp³-hybridized carbons (Fsp3) is 0.700. The van der Waals surface area contributed by atoms with Crippen LogP contribution in [-0.2, 0) is 18.2 Å². The zero-order chi connectivity index (χ0) is 11.4. The molecule has 0 aliphatic carbocycles. The van der Waals surface area contributed by atoms with E-state index in [2.05, 4.69) is 17.4 Å². The van der Waals surface area contributed by atoms with Crippen LogP contribution in [0.4, 0.5) is 0 Å². The van der Waals surface area contributed by atoms with Gasteiger partial charge in [0.2, 0.25) is 0 Å². The maximum atomic E-state index is 5.46. The number of methoxy groups -OCH3 is 1. The quantitative estimate of drug-likeness (QED) is 0.535. The SMILES string of the molecule is COCC(Cc1c(C)nn(C)c1C)NN. The number of rotatable bonds is 5. The van der Waals surface area contributed by atoms with Gasteiger partial charge in [0.15, 0.2) is 0 Å². The molecule has 0 aromatic carbocycles. The molecule has 5 nitrogen and oxygen atoms in total. The third-order valence-corrected chi connectivity index (χ3v) is 2.71. The molecule has 5 heteroatoms. The minimum Gasteiger partial charge on any atom is -0.383 e. The summed E-state index contributed by atoms with van der Waals surface area (Å²) in [6, 6.07) is 0.136. The Morgan fingerprint density at radius 3 is 2.60 bits per heavy atom. The van der Waals surface area contributed by atoms with Gasteiger partial charge >= 0.3 is 0 Å². The third kappa shape index (κ3) is 2.77. The van der Waals surface area contributed by atoms with Crippen molar-refractivity contribution in [2.45, 2.75) is 26.3 Å². The normalized spacial score (nSPS) is 13.1. The van der Waals surface area contributed by atoms with E-state index in [9.17, 15) is 0 Å². The number of aromatic nitrogens is 2. The molecule has 1 aromatic heterocycles. The Bertz CT molecular complexity index is 321. The highest BCUT2D eigenvalue weighted by molar-refractivity contribution is 5.25. The summed E-state index contributed by atoms with van der Waals surface area (Å²) in [6.45, 7) is 4.68. The van der Waals surface area contributed by atoms with E-state index < -0.39 is 0 Å². The van der Waals surface area contributed by atoms with E-state index in [0.717, 1.165) is 12.1 Å². The van der Waals surface area contributed by atoms with Gasteiger partial charge in [-0.3, -0.25) is 16.0 Å². The number of hydrogen-bond acceptors (Lipinski definition) is 4. The maximum Gasteiger partial charge on any atom is 0.0632 e. The lowest BCUT2D eigenvalue weighted by molar-refractivity contribution is 0.166. The van der Waals surface area contributed by atoms with E-state index in [0.29, 0.717) is 6.61 Å². The summed E-state index contributed by atoms with van der Waals surface area (Å²) in [7, 11) is 3.63. The van der Waals surface area contributed by atoms with Gasteiger partial charge in [-0.2, -0.15) is 5.10 Å². The second-order valence-corrected chi connectivity index (χ2v) is 3.80. The predicted molar refractivity (Wildman–Crippen MR) is 59.4 cm³/mol. The van der Waals surface area contributed by atoms with Crippen LogP contribution in [-0.4, -0.2) is 29.5 Å². The van der Waals surface area contributed by atoms with Gasteiger partial charge in [-0.15, -0.1) is 0 Å². The van der Waals surface area contributed by atoms with Gasteiger partial charge in [0.25, 0.3) is 0 Å². The minimum absolute atomic E-state index is 0.136. The number of ether oxygens (including phenoxy) is 1. The topological polar surface area (TPSA) is 65.1 Å². The molecule has 0 saturated heterocycles. The van der Waals surface area contributed by atoms with Gasteiger partial charge in [-0.05, 0) is 25.8 Å². The number of hydrazine groups is 1. The Morgan fingerprint density at radius 1 is 1.53 bits per heavy atom. The predicted octanol–water partition coefficient (Wildman–Crippen LogP) is 0.0577. The van der Waals surface area contributed by atoms with E-state index >= 15 is 0 Å². The fourth-order valence-electron chi connectivity index (χ4n) is 1.73. The summed E-state index contributed by atoms with van der Waals surface area (Å²) in [5.74, 6) is 5.46. The van der Waals surface area contributed by atoms with Crippen LogP contribution in [0.15, 0.2) is 0 Å². The van der Waals surface area contributed by atoms with Crippen molar-refractivity contribution in [2.24, 2.45) is 12.9 Å². The van der Waals surface area contributed by atoms with E-state index in [-0.39, 0.29) is 6.04 Å². The zero-order valence-corrected chi connectivity index (χ0v) is 9.87. The van der Waals surface area contributed by atoms with E-state index in [1.165, 1.54) is 11.3 Å². The van der Waals surface area contributed by atoms with Crippen LogP contribution in [0, 0.1) is 13.8 Å². The van der Waals surface area contributed by atoms with Crippen LogP contribution >= 0.6 is 0 Å². The highest BCUT2D eigenvalue weighted by atomic mass is 16.5. The second-order valence-electron chi connectivity index (χ2n) is 3.80. The van der Waals surface area contributed by atoms with Crippen molar-refractivity contribution in [3.63, 3.8) is 0 Å². The van der Waals surface area contributed by atoms with Crippen molar-refractivity contribution in [2.75, 3.05) is 13.7 Å². The fourth-order valence-corrected chi connectivity index (χ4v) is 1.73. The van der Waals surface area contributed by atoms with Gasteiger partial charge in [0, 0.05) is 25.9 Å². The van der Waals surface area contributed by atoms with Crippen LogP contribution in [0.5, 0.6) is 0 Å². The molecular weight excluding hydrogens is 192 g/mol. The number of aryl methyl sites for hydroxylation is 2. The van der Waals surface area contributed by atoms with E-state index in [4.69, 9.17) is 10.6 Å². The molecule has 0 fully saturated rings. The van der Waals surface area contributed by atoms with Crippen molar-refractivity contribution in [3.05, 3.63) is 17.0 Å². The van der Waals surface area contributed by atoms with Crippen LogP contribution in [0.2, 0.25) is 0 Å². The summed E-state index contributed by atoms with van der Waals surface area (Å²) in [5, 5.41) is 4.37. The first-order valence-corrected chi connectivity index (χ1v) is 5.04. The highest BCUT2D eigenvalue weighted by Gasteiger charge is 2.14. The Hall–Kier alpha value is -0.910. The average Bonchev–Trinajstić information content (AvgIpc) is 2.44. The molecular formula is C10H20N4O. The minimum atomic E-state index is 0.136. The molecule has 0 aliphatic rings. The van der Waals surface area contributed by atoms with Gasteiger partial charge < -0.3 is 4.74 Å². The summed E-state index contributed by atoms with van der Waals surface area (Å²) < 4.78 is 6.98. The molecule has 1 atom stereocenters. The van der Waals surface area contributed by atoms with Gasteiger partial charge in [0.05, 0.1) is 12.3 Å². The molecule has 0 radical (unpaired) electrons. The lowest BCUT2D eigenvalue weighted by Gasteiger charge is -2.14. The molecule has 15 heavy (non-hydrogen) atoms. The standard InChI is InChI=1S/C10H20N4O/c1-7-10(8(2)14(3)13-7)5-9(12-11)6-15-4/h9,12H,5-6,11H2,1-4H3. The molecule has 0 aliphatic heterocycles. The first-order valence-electron chi connectivity index (χ1n) is 5.04. The van der Waals surface area contributed by atoms with Crippen molar-refractivity contribution >= 4 is 0 Å². The molecule has 1 rings (SSSR count).